The number of fused-ring (bicyclic) bond motifs is 2. The number of nitrogens with one attached hydrogen (secondary N) is 1. The van der Waals surface area contributed by atoms with Gasteiger partial charge in [-0.25, -0.2) is 4.79 Å². The fourth-order valence-electron chi connectivity index (χ4n) is 5.78. The van der Waals surface area contributed by atoms with Crippen LogP contribution < -0.4 is 19.7 Å². The third-order valence-electron chi connectivity index (χ3n) is 8.31. The Labute approximate surface area is 266 Å². The number of carbonyl (C=O) groups is 3. The van der Waals surface area contributed by atoms with Crippen molar-refractivity contribution < 1.29 is 42.1 Å². The maximum Gasteiger partial charge on any atom is 0.410 e. The molecule has 1 saturated heterocycles. The van der Waals surface area contributed by atoms with Crippen LogP contribution in [0.3, 0.4) is 0 Å². The lowest BCUT2D eigenvalue weighted by atomic mass is 9.84. The quantitative estimate of drug-likeness (QED) is 0.356. The molecule has 0 bridgehead atoms. The summed E-state index contributed by atoms with van der Waals surface area (Å²) in [6, 6.07) is 15.1. The van der Waals surface area contributed by atoms with Crippen LogP contribution in [-0.4, -0.2) is 73.0 Å². The van der Waals surface area contributed by atoms with Crippen molar-refractivity contribution in [3.63, 3.8) is 0 Å². The minimum absolute atomic E-state index is 0.0712. The molecule has 3 aromatic carbocycles. The highest BCUT2D eigenvalue weighted by Gasteiger charge is 2.52. The Morgan fingerprint density at radius 3 is 2.43 bits per heavy atom. The normalized spacial score (nSPS) is 18.4. The number of likely N-dealkylation sites (N-methyl/N-ethyl adjacent to an activating group) is 1. The van der Waals surface area contributed by atoms with Crippen LogP contribution in [0.4, 0.5) is 19.3 Å². The Hall–Kier alpha value is -4.45. The molecule has 0 radical (unpaired) electrons. The standard InChI is InChI=1S/C34H39F2N3O7/c1-21(38(5)32(42)46-33(2,3)4)29(40)37-28-30(41)39(25-12-8-9-13-27(25)45-34(28)16-18-43-19-17-34)20-24-23-11-7-6-10-22(23)14-15-26(24)44-31(35)36/h6-15,21,28,31H,16-20H2,1-5H3,(H,37,40)/t21-,28+/m0/s1. The largest absolute Gasteiger partial charge is 0.482 e. The van der Waals surface area contributed by atoms with E-state index in [1.54, 1.807) is 63.2 Å². The van der Waals surface area contributed by atoms with Crippen LogP contribution in [-0.2, 0) is 25.6 Å². The van der Waals surface area contributed by atoms with Gasteiger partial charge in [-0.05, 0) is 56.7 Å². The Morgan fingerprint density at radius 2 is 1.74 bits per heavy atom. The van der Waals surface area contributed by atoms with Gasteiger partial charge in [0.2, 0.25) is 5.91 Å². The molecule has 0 saturated carbocycles. The Morgan fingerprint density at radius 1 is 1.07 bits per heavy atom. The maximum atomic E-state index is 14.8. The van der Waals surface area contributed by atoms with Crippen molar-refractivity contribution in [2.75, 3.05) is 25.2 Å². The van der Waals surface area contributed by atoms with Gasteiger partial charge in [0.05, 0.1) is 25.4 Å². The predicted octanol–water partition coefficient (Wildman–Crippen LogP) is 5.66. The summed E-state index contributed by atoms with van der Waals surface area (Å²) < 4.78 is 49.8. The maximum absolute atomic E-state index is 14.8. The summed E-state index contributed by atoms with van der Waals surface area (Å²) in [5.41, 5.74) is -1.20. The molecule has 0 unspecified atom stereocenters. The lowest BCUT2D eigenvalue weighted by molar-refractivity contribution is -0.139. The molecule has 12 heteroatoms. The Balaban J connectivity index is 1.57. The van der Waals surface area contributed by atoms with E-state index in [1.807, 2.05) is 12.1 Å². The molecule has 1 N–H and O–H groups in total. The SMILES string of the molecule is C[C@@H](C(=O)N[C@@H]1C(=O)N(Cc2c(OC(F)F)ccc3ccccc23)c2ccccc2OC12CCOCC2)N(C)C(=O)OC(C)(C)C. The van der Waals surface area contributed by atoms with Crippen molar-refractivity contribution in [1.82, 2.24) is 10.2 Å². The summed E-state index contributed by atoms with van der Waals surface area (Å²) in [5, 5.41) is 4.29. The van der Waals surface area contributed by atoms with Crippen molar-refractivity contribution in [2.45, 2.75) is 77.0 Å². The number of amides is 3. The van der Waals surface area contributed by atoms with Crippen molar-refractivity contribution in [3.05, 3.63) is 66.2 Å². The number of nitrogens with zero attached hydrogens (tertiary/aromatic N) is 2. The molecule has 1 spiro atoms. The molecule has 246 valence electrons. The minimum Gasteiger partial charge on any atom is -0.482 e. The molecule has 46 heavy (non-hydrogen) atoms. The van der Waals surface area contributed by atoms with E-state index in [-0.39, 0.29) is 38.3 Å². The van der Waals surface area contributed by atoms with E-state index >= 15 is 0 Å². The van der Waals surface area contributed by atoms with Gasteiger partial charge < -0.3 is 29.2 Å². The number of anilines is 1. The molecule has 10 nitrogen and oxygen atoms in total. The van der Waals surface area contributed by atoms with Crippen LogP contribution in [0.5, 0.6) is 11.5 Å². The Kier molecular flexibility index (Phi) is 9.39. The molecule has 3 aromatic rings. The third-order valence-corrected chi connectivity index (χ3v) is 8.31. The van der Waals surface area contributed by atoms with E-state index in [0.29, 0.717) is 22.4 Å². The van der Waals surface area contributed by atoms with E-state index in [4.69, 9.17) is 18.9 Å². The van der Waals surface area contributed by atoms with E-state index in [9.17, 15) is 23.2 Å². The van der Waals surface area contributed by atoms with Crippen LogP contribution in [0.25, 0.3) is 10.8 Å². The predicted molar refractivity (Wildman–Crippen MR) is 167 cm³/mol. The zero-order valence-electron chi connectivity index (χ0n) is 26.5. The number of carbonyl (C=O) groups excluding carboxylic acids is 3. The number of hydrogen-bond donors (Lipinski definition) is 1. The molecular weight excluding hydrogens is 600 g/mol. The fraction of sp³-hybridized carbons (Fsp3) is 0.441. The van der Waals surface area contributed by atoms with Gasteiger partial charge in [-0.2, -0.15) is 8.78 Å². The van der Waals surface area contributed by atoms with Crippen molar-refractivity contribution in [1.29, 1.82) is 0 Å². The first kappa shape index (κ1) is 32.9. The van der Waals surface area contributed by atoms with E-state index in [1.165, 1.54) is 24.9 Å². The van der Waals surface area contributed by atoms with Gasteiger partial charge in [0, 0.05) is 25.5 Å². The number of para-hydroxylation sites is 2. The molecule has 2 aliphatic heterocycles. The van der Waals surface area contributed by atoms with Crippen LogP contribution in [0.1, 0.15) is 46.1 Å². The fourth-order valence-corrected chi connectivity index (χ4v) is 5.78. The van der Waals surface area contributed by atoms with Crippen molar-refractivity contribution in [3.8, 4) is 11.5 Å². The molecule has 2 atom stereocenters. The Bertz CT molecular complexity index is 1600. The van der Waals surface area contributed by atoms with Crippen molar-refractivity contribution in [2.24, 2.45) is 0 Å². The zero-order valence-corrected chi connectivity index (χ0v) is 26.5. The lowest BCUT2D eigenvalue weighted by Gasteiger charge is -2.42. The van der Waals surface area contributed by atoms with Crippen LogP contribution in [0.15, 0.2) is 60.7 Å². The first-order chi connectivity index (χ1) is 21.8. The number of ether oxygens (including phenoxy) is 4. The van der Waals surface area contributed by atoms with Gasteiger partial charge in [0.15, 0.2) is 0 Å². The minimum atomic E-state index is -3.09. The van der Waals surface area contributed by atoms with Crippen LogP contribution in [0, 0.1) is 0 Å². The number of rotatable bonds is 7. The monoisotopic (exact) mass is 639 g/mol. The lowest BCUT2D eigenvalue weighted by Crippen LogP contribution is -2.65. The summed E-state index contributed by atoms with van der Waals surface area (Å²) in [7, 11) is 1.45. The number of hydrogen-bond acceptors (Lipinski definition) is 7. The van der Waals surface area contributed by atoms with Gasteiger partial charge in [-0.1, -0.05) is 42.5 Å². The molecule has 1 fully saturated rings. The smallest absolute Gasteiger partial charge is 0.410 e. The van der Waals surface area contributed by atoms with Gasteiger partial charge >= 0.3 is 12.7 Å². The topological polar surface area (TPSA) is 107 Å². The van der Waals surface area contributed by atoms with Gasteiger partial charge in [-0.3, -0.25) is 14.5 Å². The highest BCUT2D eigenvalue weighted by atomic mass is 19.3. The second kappa shape index (κ2) is 13.1. The molecular formula is C34H39F2N3O7. The van der Waals surface area contributed by atoms with E-state index in [0.717, 1.165) is 10.3 Å². The van der Waals surface area contributed by atoms with E-state index < -0.39 is 47.8 Å². The molecule has 2 aliphatic rings. The average molecular weight is 640 g/mol. The average Bonchev–Trinajstić information content (AvgIpc) is 3.09. The number of benzene rings is 3. The van der Waals surface area contributed by atoms with Gasteiger partial charge in [-0.15, -0.1) is 0 Å². The first-order valence-electron chi connectivity index (χ1n) is 15.2. The summed E-state index contributed by atoms with van der Waals surface area (Å²) in [4.78, 5) is 43.9. The first-order valence-corrected chi connectivity index (χ1v) is 15.2. The number of alkyl halides is 2. The van der Waals surface area contributed by atoms with Crippen LogP contribution in [0.2, 0.25) is 0 Å². The summed E-state index contributed by atoms with van der Waals surface area (Å²) in [6.07, 6.45) is -0.123. The molecule has 5 rings (SSSR count). The van der Waals surface area contributed by atoms with Crippen LogP contribution >= 0.6 is 0 Å². The molecule has 0 aliphatic carbocycles. The summed E-state index contributed by atoms with van der Waals surface area (Å²) in [5.74, 6) is -0.787. The highest BCUT2D eigenvalue weighted by molar-refractivity contribution is 6.03. The summed E-state index contributed by atoms with van der Waals surface area (Å²) in [6.45, 7) is 4.02. The third kappa shape index (κ3) is 6.86. The molecule has 0 aromatic heterocycles. The zero-order chi connectivity index (χ0) is 33.2. The highest BCUT2D eigenvalue weighted by Crippen LogP contribution is 2.43. The van der Waals surface area contributed by atoms with Gasteiger partial charge in [0.1, 0.15) is 34.8 Å². The second-order valence-electron chi connectivity index (χ2n) is 12.5. The number of halogens is 2. The van der Waals surface area contributed by atoms with Gasteiger partial charge in [0.25, 0.3) is 5.91 Å². The van der Waals surface area contributed by atoms with Crippen molar-refractivity contribution >= 4 is 34.4 Å². The summed E-state index contributed by atoms with van der Waals surface area (Å²) >= 11 is 0. The van der Waals surface area contributed by atoms with E-state index in [2.05, 4.69) is 5.32 Å². The second-order valence-corrected chi connectivity index (χ2v) is 12.5. The molecule has 2 heterocycles. The molecule has 3 amide bonds.